The van der Waals surface area contributed by atoms with E-state index in [0.29, 0.717) is 6.42 Å². The molecule has 0 aliphatic rings. The molecule has 0 aliphatic carbocycles. The normalized spacial score (nSPS) is 12.7. The first kappa shape index (κ1) is 22.1. The van der Waals surface area contributed by atoms with Crippen LogP contribution < -0.4 is 16.4 Å². The molecule has 4 N–H and O–H groups in total. The van der Waals surface area contributed by atoms with Crippen LogP contribution in [-0.2, 0) is 20.8 Å². The lowest BCUT2D eigenvalue weighted by Gasteiger charge is -2.17. The Morgan fingerprint density at radius 1 is 0.897 bits per heavy atom. The summed E-state index contributed by atoms with van der Waals surface area (Å²) in [5.74, 6) is -1.19. The maximum absolute atomic E-state index is 12.2. The molecular formula is C23H29N3O3. The van der Waals surface area contributed by atoms with Gasteiger partial charge in [-0.15, -0.1) is 0 Å². The van der Waals surface area contributed by atoms with Crippen LogP contribution in [0.1, 0.15) is 48.1 Å². The highest BCUT2D eigenvalue weighted by Crippen LogP contribution is 2.13. The van der Waals surface area contributed by atoms with E-state index in [1.165, 1.54) is 0 Å². The maximum Gasteiger partial charge on any atom is 0.240 e. The van der Waals surface area contributed by atoms with Crippen LogP contribution in [0.25, 0.3) is 0 Å². The van der Waals surface area contributed by atoms with Crippen molar-refractivity contribution in [2.75, 3.05) is 0 Å². The summed E-state index contributed by atoms with van der Waals surface area (Å²) in [5, 5.41) is 5.51. The molecule has 6 heteroatoms. The summed E-state index contributed by atoms with van der Waals surface area (Å²) in [6.07, 6.45) is 0.349. The molecule has 0 heterocycles. The van der Waals surface area contributed by atoms with Crippen molar-refractivity contribution < 1.29 is 14.4 Å². The van der Waals surface area contributed by atoms with E-state index in [-0.39, 0.29) is 30.7 Å². The molecule has 0 saturated carbocycles. The number of carbonyl (C=O) groups is 3. The lowest BCUT2D eigenvalue weighted by Crippen LogP contribution is -2.46. The Morgan fingerprint density at radius 2 is 1.52 bits per heavy atom. The zero-order chi connectivity index (χ0) is 21.4. The Labute approximate surface area is 171 Å². The van der Waals surface area contributed by atoms with Crippen LogP contribution >= 0.6 is 0 Å². The van der Waals surface area contributed by atoms with Crippen LogP contribution in [0.2, 0.25) is 0 Å². The highest BCUT2D eigenvalue weighted by molar-refractivity contribution is 5.88. The van der Waals surface area contributed by atoms with Crippen LogP contribution in [0, 0.1) is 13.8 Å². The highest BCUT2D eigenvalue weighted by atomic mass is 16.2. The predicted octanol–water partition coefficient (Wildman–Crippen LogP) is 2.47. The average molecular weight is 396 g/mol. The number of carbonyl (C=O) groups excluding carboxylic acids is 3. The second-order valence-electron chi connectivity index (χ2n) is 7.35. The van der Waals surface area contributed by atoms with Crippen molar-refractivity contribution in [3.05, 3.63) is 70.8 Å². The maximum atomic E-state index is 12.2. The first-order valence-electron chi connectivity index (χ1n) is 9.75. The van der Waals surface area contributed by atoms with Crippen LogP contribution in [0.3, 0.4) is 0 Å². The monoisotopic (exact) mass is 395 g/mol. The molecule has 0 aromatic heterocycles. The number of nitrogens with one attached hydrogen (secondary N) is 2. The molecule has 6 nitrogen and oxygen atoms in total. The summed E-state index contributed by atoms with van der Waals surface area (Å²) in [7, 11) is 0. The van der Waals surface area contributed by atoms with E-state index in [0.717, 1.165) is 22.3 Å². The lowest BCUT2D eigenvalue weighted by atomic mass is 10.0. The van der Waals surface area contributed by atoms with Gasteiger partial charge in [-0.25, -0.2) is 0 Å². The summed E-state index contributed by atoms with van der Waals surface area (Å²) in [4.78, 5) is 36.1. The number of primary amides is 1. The Kier molecular flexibility index (Phi) is 7.95. The van der Waals surface area contributed by atoms with Crippen molar-refractivity contribution in [3.63, 3.8) is 0 Å². The van der Waals surface area contributed by atoms with Crippen molar-refractivity contribution in [2.45, 2.75) is 52.1 Å². The van der Waals surface area contributed by atoms with E-state index in [1.54, 1.807) is 0 Å². The molecule has 154 valence electrons. The third-order valence-corrected chi connectivity index (χ3v) is 4.95. The topological polar surface area (TPSA) is 101 Å². The molecule has 2 aromatic rings. The number of hydrogen-bond acceptors (Lipinski definition) is 3. The molecule has 2 atom stereocenters. The summed E-state index contributed by atoms with van der Waals surface area (Å²) in [6.45, 7) is 5.89. The molecule has 0 unspecified atom stereocenters. The van der Waals surface area contributed by atoms with E-state index in [2.05, 4.69) is 10.6 Å². The molecule has 29 heavy (non-hydrogen) atoms. The molecule has 2 rings (SSSR count). The Hall–Kier alpha value is -3.15. The largest absolute Gasteiger partial charge is 0.368 e. The van der Waals surface area contributed by atoms with Gasteiger partial charge in [0.05, 0.1) is 6.04 Å². The first-order valence-corrected chi connectivity index (χ1v) is 9.75. The number of hydrogen-bond donors (Lipinski definition) is 3. The minimum absolute atomic E-state index is 0.00987. The van der Waals surface area contributed by atoms with Crippen molar-refractivity contribution in [1.82, 2.24) is 10.6 Å². The Morgan fingerprint density at radius 3 is 2.10 bits per heavy atom. The van der Waals surface area contributed by atoms with Gasteiger partial charge in [0.1, 0.15) is 6.04 Å². The van der Waals surface area contributed by atoms with Gasteiger partial charge in [0.2, 0.25) is 17.7 Å². The molecule has 0 aliphatic heterocycles. The fourth-order valence-corrected chi connectivity index (χ4v) is 3.02. The number of nitrogens with two attached hydrogens (primary N) is 1. The third-order valence-electron chi connectivity index (χ3n) is 4.95. The van der Waals surface area contributed by atoms with Crippen molar-refractivity contribution in [1.29, 1.82) is 0 Å². The second kappa shape index (κ2) is 10.4. The standard InChI is InChI=1S/C23H29N3O3/c1-15-9-10-18(13-16(15)2)14-20(23(24)29)26-22(28)12-11-21(27)25-17(3)19-7-5-4-6-8-19/h4-10,13,17,20H,11-12,14H2,1-3H3,(H2,24,29)(H,25,27)(H,26,28)/t17-,20+/m1/s1. The minimum Gasteiger partial charge on any atom is -0.368 e. The summed E-state index contributed by atoms with van der Waals surface area (Å²) >= 11 is 0. The number of aryl methyl sites for hydroxylation is 2. The highest BCUT2D eigenvalue weighted by Gasteiger charge is 2.19. The van der Waals surface area contributed by atoms with E-state index in [1.807, 2.05) is 69.3 Å². The molecular weight excluding hydrogens is 366 g/mol. The number of amides is 3. The summed E-state index contributed by atoms with van der Waals surface area (Å²) in [5.41, 5.74) is 9.64. The molecule has 0 spiro atoms. The van der Waals surface area contributed by atoms with Gasteiger partial charge in [-0.3, -0.25) is 14.4 Å². The first-order chi connectivity index (χ1) is 13.8. The molecule has 0 fully saturated rings. The molecule has 0 bridgehead atoms. The van der Waals surface area contributed by atoms with E-state index in [9.17, 15) is 14.4 Å². The number of benzene rings is 2. The van der Waals surface area contributed by atoms with Crippen molar-refractivity contribution in [2.24, 2.45) is 5.73 Å². The van der Waals surface area contributed by atoms with Crippen LogP contribution in [0.5, 0.6) is 0 Å². The van der Waals surface area contributed by atoms with Gasteiger partial charge >= 0.3 is 0 Å². The molecule has 3 amide bonds. The summed E-state index contributed by atoms with van der Waals surface area (Å²) < 4.78 is 0. The smallest absolute Gasteiger partial charge is 0.240 e. The van der Waals surface area contributed by atoms with Crippen molar-refractivity contribution in [3.8, 4) is 0 Å². The fourth-order valence-electron chi connectivity index (χ4n) is 3.02. The van der Waals surface area contributed by atoms with Gasteiger partial charge in [0.25, 0.3) is 0 Å². The van der Waals surface area contributed by atoms with E-state index < -0.39 is 11.9 Å². The second-order valence-corrected chi connectivity index (χ2v) is 7.35. The Balaban J connectivity index is 1.84. The number of rotatable bonds is 9. The molecule has 0 saturated heterocycles. The van der Waals surface area contributed by atoms with Gasteiger partial charge < -0.3 is 16.4 Å². The van der Waals surface area contributed by atoms with Gasteiger partial charge in [-0.05, 0) is 43.0 Å². The SMILES string of the molecule is Cc1ccc(C[C@H](NC(=O)CCC(=O)N[C@H](C)c2ccccc2)C(N)=O)cc1C. The van der Waals surface area contributed by atoms with Gasteiger partial charge in [0, 0.05) is 19.3 Å². The van der Waals surface area contributed by atoms with Gasteiger partial charge in [0.15, 0.2) is 0 Å². The van der Waals surface area contributed by atoms with E-state index in [4.69, 9.17) is 5.73 Å². The van der Waals surface area contributed by atoms with Gasteiger partial charge in [-0.1, -0.05) is 48.5 Å². The van der Waals surface area contributed by atoms with Crippen LogP contribution in [0.4, 0.5) is 0 Å². The average Bonchev–Trinajstić information content (AvgIpc) is 2.69. The quantitative estimate of drug-likeness (QED) is 0.608. The minimum atomic E-state index is -0.809. The zero-order valence-electron chi connectivity index (χ0n) is 17.2. The van der Waals surface area contributed by atoms with E-state index >= 15 is 0 Å². The fraction of sp³-hybridized carbons (Fsp3) is 0.348. The molecule has 0 radical (unpaired) electrons. The third kappa shape index (κ3) is 7.07. The van der Waals surface area contributed by atoms with Crippen LogP contribution in [0.15, 0.2) is 48.5 Å². The zero-order valence-corrected chi connectivity index (χ0v) is 17.2. The predicted molar refractivity (Wildman–Crippen MR) is 113 cm³/mol. The van der Waals surface area contributed by atoms with Crippen LogP contribution in [-0.4, -0.2) is 23.8 Å². The summed E-state index contributed by atoms with van der Waals surface area (Å²) in [6, 6.07) is 14.5. The van der Waals surface area contributed by atoms with Crippen molar-refractivity contribution >= 4 is 17.7 Å². The molecule has 2 aromatic carbocycles. The van der Waals surface area contributed by atoms with Gasteiger partial charge in [-0.2, -0.15) is 0 Å². The Bertz CT molecular complexity index is 865. The lowest BCUT2D eigenvalue weighted by molar-refractivity contribution is -0.129.